The molecule has 1 aliphatic heterocycles. The number of rotatable bonds is 8. The van der Waals surface area contributed by atoms with Gasteiger partial charge in [0.05, 0.1) is 35.4 Å². The number of pyridine rings is 1. The Bertz CT molecular complexity index is 1040. The minimum Gasteiger partial charge on any atom is -0.507 e. The molecule has 1 aromatic heterocycles. The molecule has 1 atom stereocenters. The quantitative estimate of drug-likeness (QED) is 0.257. The highest BCUT2D eigenvalue weighted by atomic mass is 35.5. The first-order valence-corrected chi connectivity index (χ1v) is 10.8. The molecule has 1 N–H and O–H groups in total. The van der Waals surface area contributed by atoms with Crippen molar-refractivity contribution in [3.05, 3.63) is 63.4 Å². The van der Waals surface area contributed by atoms with E-state index in [0.29, 0.717) is 18.6 Å². The zero-order valence-electron chi connectivity index (χ0n) is 18.0. The molecule has 0 saturated carbocycles. The van der Waals surface area contributed by atoms with Crippen LogP contribution in [0.5, 0.6) is 5.75 Å². The Kier molecular flexibility index (Phi) is 7.77. The fraction of sp³-hybridized carbons (Fsp3) is 0.348. The number of halogens is 2. The predicted molar refractivity (Wildman–Crippen MR) is 122 cm³/mol. The third-order valence-corrected chi connectivity index (χ3v) is 5.52. The van der Waals surface area contributed by atoms with E-state index in [-0.39, 0.29) is 39.6 Å². The number of nitrogens with zero attached hydrogens (tertiary/aromatic N) is 2. The average molecular weight is 479 g/mol. The number of ether oxygens (including phenoxy) is 2. The molecule has 0 spiro atoms. The highest BCUT2D eigenvalue weighted by Gasteiger charge is 2.46. The van der Waals surface area contributed by atoms with Crippen LogP contribution in [0.4, 0.5) is 0 Å². The molecule has 2 aromatic rings. The molecule has 0 aliphatic carbocycles. The number of hydrogen-bond acceptors (Lipinski definition) is 6. The summed E-state index contributed by atoms with van der Waals surface area (Å²) in [7, 11) is 1.39. The first-order chi connectivity index (χ1) is 15.3. The second-order valence-electron chi connectivity index (χ2n) is 7.51. The Morgan fingerprint density at radius 3 is 2.53 bits per heavy atom. The highest BCUT2D eigenvalue weighted by molar-refractivity contribution is 6.46. The van der Waals surface area contributed by atoms with Crippen molar-refractivity contribution < 1.29 is 24.2 Å². The molecule has 1 unspecified atom stereocenters. The van der Waals surface area contributed by atoms with Gasteiger partial charge in [-0.1, -0.05) is 23.2 Å². The number of aromatic nitrogens is 1. The standard InChI is InChI=1S/C23H24Cl2N2O5/c1-13(2)32-10-4-9-27-19(14-5-7-26-8-6-14)18(21(29)23(27)30)20(28)16-11-15(24)12-17(25)22(16)31-3/h5-8,11-13,19,28H,4,9-10H2,1-3H3/b20-18+. The molecular formula is C23H24Cl2N2O5. The molecule has 1 aliphatic rings. The maximum atomic E-state index is 13.1. The number of Topliss-reactive ketones (excluding diaryl/α,β-unsaturated/α-hetero) is 1. The Hall–Kier alpha value is -2.61. The van der Waals surface area contributed by atoms with Crippen molar-refractivity contribution in [3.63, 3.8) is 0 Å². The molecule has 9 heteroatoms. The van der Waals surface area contributed by atoms with Gasteiger partial charge in [-0.05, 0) is 50.1 Å². The van der Waals surface area contributed by atoms with Crippen LogP contribution in [0.15, 0.2) is 42.2 Å². The number of aliphatic hydroxyl groups excluding tert-OH is 1. The topological polar surface area (TPSA) is 89.0 Å². The van der Waals surface area contributed by atoms with Gasteiger partial charge in [-0.2, -0.15) is 0 Å². The third kappa shape index (κ3) is 4.90. The van der Waals surface area contributed by atoms with Crippen LogP contribution in [-0.2, 0) is 14.3 Å². The van der Waals surface area contributed by atoms with E-state index in [1.165, 1.54) is 24.1 Å². The van der Waals surface area contributed by atoms with Gasteiger partial charge in [0.2, 0.25) is 0 Å². The first kappa shape index (κ1) is 24.0. The van der Waals surface area contributed by atoms with Crippen molar-refractivity contribution in [2.75, 3.05) is 20.3 Å². The van der Waals surface area contributed by atoms with Gasteiger partial charge in [0, 0.05) is 30.6 Å². The lowest BCUT2D eigenvalue weighted by atomic mass is 9.95. The zero-order chi connectivity index (χ0) is 23.4. The smallest absolute Gasteiger partial charge is 0.295 e. The summed E-state index contributed by atoms with van der Waals surface area (Å²) in [5.41, 5.74) is 0.699. The Balaban J connectivity index is 2.11. The molecule has 7 nitrogen and oxygen atoms in total. The van der Waals surface area contributed by atoms with E-state index < -0.39 is 23.5 Å². The van der Waals surface area contributed by atoms with Gasteiger partial charge in [-0.15, -0.1) is 0 Å². The minimum atomic E-state index is -0.806. The minimum absolute atomic E-state index is 0.0569. The Morgan fingerprint density at radius 2 is 1.91 bits per heavy atom. The fourth-order valence-electron chi connectivity index (χ4n) is 3.65. The normalized spacial score (nSPS) is 17.9. The van der Waals surface area contributed by atoms with Gasteiger partial charge in [-0.25, -0.2) is 0 Å². The molecule has 2 heterocycles. The van der Waals surface area contributed by atoms with Crippen LogP contribution >= 0.6 is 23.2 Å². The number of hydrogen-bond donors (Lipinski definition) is 1. The second kappa shape index (κ2) is 10.3. The number of aliphatic hydroxyl groups is 1. The summed E-state index contributed by atoms with van der Waals surface area (Å²) in [5, 5.41) is 11.6. The maximum Gasteiger partial charge on any atom is 0.295 e. The number of carbonyl (C=O) groups is 2. The second-order valence-corrected chi connectivity index (χ2v) is 8.36. The van der Waals surface area contributed by atoms with E-state index >= 15 is 0 Å². The van der Waals surface area contributed by atoms with Gasteiger partial charge >= 0.3 is 0 Å². The number of benzene rings is 1. The van der Waals surface area contributed by atoms with Crippen molar-refractivity contribution in [3.8, 4) is 5.75 Å². The number of likely N-dealkylation sites (tertiary alicyclic amines) is 1. The summed E-state index contributed by atoms with van der Waals surface area (Å²) in [4.78, 5) is 31.5. The van der Waals surface area contributed by atoms with Crippen LogP contribution < -0.4 is 4.74 Å². The molecule has 1 fully saturated rings. The summed E-state index contributed by atoms with van der Waals surface area (Å²) in [6, 6.07) is 5.49. The van der Waals surface area contributed by atoms with Gasteiger partial charge in [0.25, 0.3) is 11.7 Å². The summed E-state index contributed by atoms with van der Waals surface area (Å²) in [6.45, 7) is 4.55. The summed E-state index contributed by atoms with van der Waals surface area (Å²) >= 11 is 12.3. The van der Waals surface area contributed by atoms with Crippen molar-refractivity contribution in [2.45, 2.75) is 32.4 Å². The monoisotopic (exact) mass is 478 g/mol. The van der Waals surface area contributed by atoms with E-state index in [2.05, 4.69) is 4.98 Å². The molecule has 3 rings (SSSR count). The molecule has 32 heavy (non-hydrogen) atoms. The van der Waals surface area contributed by atoms with E-state index in [9.17, 15) is 14.7 Å². The maximum absolute atomic E-state index is 13.1. The molecule has 1 aromatic carbocycles. The summed E-state index contributed by atoms with van der Waals surface area (Å²) < 4.78 is 10.9. The van der Waals surface area contributed by atoms with Crippen molar-refractivity contribution in [1.29, 1.82) is 0 Å². The number of amides is 1. The predicted octanol–water partition coefficient (Wildman–Crippen LogP) is 4.63. The fourth-order valence-corrected chi connectivity index (χ4v) is 4.22. The highest BCUT2D eigenvalue weighted by Crippen LogP contribution is 2.43. The Labute approximate surface area is 196 Å². The SMILES string of the molecule is COc1c(Cl)cc(Cl)cc1/C(O)=C1\C(=O)C(=O)N(CCCOC(C)C)C1c1ccncc1. The van der Waals surface area contributed by atoms with Gasteiger partial charge in [0.1, 0.15) is 11.5 Å². The van der Waals surface area contributed by atoms with Crippen LogP contribution in [0.3, 0.4) is 0 Å². The van der Waals surface area contributed by atoms with Crippen LogP contribution in [-0.4, -0.2) is 53.0 Å². The van der Waals surface area contributed by atoms with Crippen LogP contribution in [0.2, 0.25) is 10.0 Å². The lowest BCUT2D eigenvalue weighted by Crippen LogP contribution is -2.31. The average Bonchev–Trinajstić information content (AvgIpc) is 3.01. The Morgan fingerprint density at radius 1 is 1.22 bits per heavy atom. The van der Waals surface area contributed by atoms with Crippen molar-refractivity contribution >= 4 is 40.7 Å². The number of carbonyl (C=O) groups excluding carboxylic acids is 2. The zero-order valence-corrected chi connectivity index (χ0v) is 19.5. The number of ketones is 1. The molecule has 170 valence electrons. The summed E-state index contributed by atoms with van der Waals surface area (Å²) in [6.07, 6.45) is 3.71. The first-order valence-electron chi connectivity index (χ1n) is 10.1. The molecular weight excluding hydrogens is 455 g/mol. The van der Waals surface area contributed by atoms with Crippen LogP contribution in [0, 0.1) is 0 Å². The van der Waals surface area contributed by atoms with E-state index in [4.69, 9.17) is 32.7 Å². The van der Waals surface area contributed by atoms with E-state index in [0.717, 1.165) is 0 Å². The number of methoxy groups -OCH3 is 1. The van der Waals surface area contributed by atoms with Gasteiger partial charge < -0.3 is 19.5 Å². The molecule has 0 radical (unpaired) electrons. The van der Waals surface area contributed by atoms with E-state index in [1.54, 1.807) is 24.5 Å². The largest absolute Gasteiger partial charge is 0.507 e. The summed E-state index contributed by atoms with van der Waals surface area (Å²) in [5.74, 6) is -1.76. The van der Waals surface area contributed by atoms with Crippen molar-refractivity contribution in [1.82, 2.24) is 9.88 Å². The third-order valence-electron chi connectivity index (χ3n) is 5.02. The lowest BCUT2D eigenvalue weighted by molar-refractivity contribution is -0.140. The van der Waals surface area contributed by atoms with Crippen LogP contribution in [0.25, 0.3) is 5.76 Å². The molecule has 1 saturated heterocycles. The van der Waals surface area contributed by atoms with Crippen LogP contribution in [0.1, 0.15) is 37.4 Å². The molecule has 1 amide bonds. The van der Waals surface area contributed by atoms with E-state index in [1.807, 2.05) is 13.8 Å². The lowest BCUT2D eigenvalue weighted by Gasteiger charge is -2.25. The van der Waals surface area contributed by atoms with Crippen molar-refractivity contribution in [2.24, 2.45) is 0 Å². The van der Waals surface area contributed by atoms with Gasteiger partial charge in [-0.3, -0.25) is 14.6 Å². The molecule has 0 bridgehead atoms. The van der Waals surface area contributed by atoms with Gasteiger partial charge in [0.15, 0.2) is 0 Å².